The molecule has 3 heteroatoms. The van der Waals surface area contributed by atoms with Crippen molar-refractivity contribution in [2.24, 2.45) is 5.92 Å². The Balaban J connectivity index is 1.81. The lowest BCUT2D eigenvalue weighted by Crippen LogP contribution is -2.58. The number of piperidine rings is 1. The minimum absolute atomic E-state index is 0.369. The summed E-state index contributed by atoms with van der Waals surface area (Å²) < 4.78 is 0. The Morgan fingerprint density at radius 3 is 2.25 bits per heavy atom. The van der Waals surface area contributed by atoms with Gasteiger partial charge in [0.2, 0.25) is 0 Å². The van der Waals surface area contributed by atoms with Gasteiger partial charge in [-0.25, -0.2) is 0 Å². The number of likely N-dealkylation sites (tertiary alicyclic amines) is 1. The number of nitrogens with zero attached hydrogens (tertiary/aromatic N) is 3. The van der Waals surface area contributed by atoms with Crippen molar-refractivity contribution in [3.05, 3.63) is 0 Å². The van der Waals surface area contributed by atoms with Crippen molar-refractivity contribution >= 4 is 0 Å². The van der Waals surface area contributed by atoms with Crippen LogP contribution in [-0.2, 0) is 0 Å². The molecular formula is C17H35N3. The molecule has 3 nitrogen and oxygen atoms in total. The molecule has 0 radical (unpaired) electrons. The first-order valence-corrected chi connectivity index (χ1v) is 8.60. The largest absolute Gasteiger partial charge is 0.306 e. The molecule has 0 amide bonds. The molecule has 2 heterocycles. The first-order chi connectivity index (χ1) is 9.42. The Kier molecular flexibility index (Phi) is 5.49. The van der Waals surface area contributed by atoms with Crippen molar-refractivity contribution in [2.75, 3.05) is 46.3 Å². The minimum atomic E-state index is 0.369. The molecule has 2 rings (SSSR count). The number of piperazine rings is 1. The zero-order chi connectivity index (χ0) is 14.8. The second kappa shape index (κ2) is 6.76. The quantitative estimate of drug-likeness (QED) is 0.784. The maximum atomic E-state index is 2.75. The van der Waals surface area contributed by atoms with Crippen molar-refractivity contribution in [3.8, 4) is 0 Å². The summed E-state index contributed by atoms with van der Waals surface area (Å²) in [5, 5.41) is 0. The Labute approximate surface area is 126 Å². The van der Waals surface area contributed by atoms with Crippen LogP contribution in [0, 0.1) is 5.92 Å². The van der Waals surface area contributed by atoms with Gasteiger partial charge in [-0.15, -0.1) is 0 Å². The first kappa shape index (κ1) is 16.3. The molecule has 0 bridgehead atoms. The average Bonchev–Trinajstić information content (AvgIpc) is 2.43. The number of rotatable bonds is 4. The summed E-state index contributed by atoms with van der Waals surface area (Å²) in [6.07, 6.45) is 4.03. The molecule has 0 aromatic heterocycles. The maximum absolute atomic E-state index is 2.75. The smallest absolute Gasteiger partial charge is 0.0195 e. The Morgan fingerprint density at radius 2 is 1.70 bits per heavy atom. The second-order valence-corrected chi connectivity index (χ2v) is 7.70. The zero-order valence-corrected chi connectivity index (χ0v) is 14.4. The minimum Gasteiger partial charge on any atom is -0.306 e. The van der Waals surface area contributed by atoms with Gasteiger partial charge in [0.25, 0.3) is 0 Å². The van der Waals surface area contributed by atoms with Gasteiger partial charge in [0.1, 0.15) is 0 Å². The predicted octanol–water partition coefficient (Wildman–Crippen LogP) is 2.52. The third kappa shape index (κ3) is 3.96. The monoisotopic (exact) mass is 281 g/mol. The van der Waals surface area contributed by atoms with Gasteiger partial charge in [-0.2, -0.15) is 0 Å². The fourth-order valence-electron chi connectivity index (χ4n) is 3.62. The van der Waals surface area contributed by atoms with Crippen molar-refractivity contribution in [2.45, 2.75) is 58.5 Å². The molecule has 0 aliphatic carbocycles. The lowest BCUT2D eigenvalue weighted by molar-refractivity contribution is 0.00797. The SMILES string of the molecule is CCC(C)(C)N1CCN(CC2CCN(C)CC2)[C@H](C)C1. The molecule has 1 atom stereocenters. The molecule has 2 fully saturated rings. The summed E-state index contributed by atoms with van der Waals surface area (Å²) >= 11 is 0. The summed E-state index contributed by atoms with van der Waals surface area (Å²) in [6.45, 7) is 17.2. The summed E-state index contributed by atoms with van der Waals surface area (Å²) in [4.78, 5) is 7.92. The van der Waals surface area contributed by atoms with Crippen molar-refractivity contribution in [1.29, 1.82) is 0 Å². The van der Waals surface area contributed by atoms with Gasteiger partial charge in [0.05, 0.1) is 0 Å². The van der Waals surface area contributed by atoms with E-state index in [1.54, 1.807) is 0 Å². The molecule has 20 heavy (non-hydrogen) atoms. The van der Waals surface area contributed by atoms with Crippen LogP contribution in [-0.4, -0.2) is 72.6 Å². The van der Waals surface area contributed by atoms with E-state index in [0.717, 1.165) is 5.92 Å². The molecule has 2 aliphatic heterocycles. The van der Waals surface area contributed by atoms with Crippen LogP contribution in [0.3, 0.4) is 0 Å². The average molecular weight is 281 g/mol. The van der Waals surface area contributed by atoms with Gasteiger partial charge < -0.3 is 4.90 Å². The standard InChI is InChI=1S/C17H35N3/c1-6-17(3,4)20-12-11-19(15(2)13-20)14-16-7-9-18(5)10-8-16/h15-16H,6-14H2,1-5H3/t15-/m1/s1. The van der Waals surface area contributed by atoms with E-state index in [-0.39, 0.29) is 0 Å². The highest BCUT2D eigenvalue weighted by Crippen LogP contribution is 2.25. The number of hydrogen-bond donors (Lipinski definition) is 0. The van der Waals surface area contributed by atoms with Crippen molar-refractivity contribution < 1.29 is 0 Å². The molecule has 0 saturated carbocycles. The molecular weight excluding hydrogens is 246 g/mol. The highest BCUT2D eigenvalue weighted by Gasteiger charge is 2.32. The van der Waals surface area contributed by atoms with Crippen LogP contribution in [0.25, 0.3) is 0 Å². The van der Waals surface area contributed by atoms with E-state index in [4.69, 9.17) is 0 Å². The normalized spacial score (nSPS) is 28.9. The van der Waals surface area contributed by atoms with E-state index in [0.29, 0.717) is 11.6 Å². The van der Waals surface area contributed by atoms with E-state index in [1.165, 1.54) is 58.5 Å². The molecule has 0 spiro atoms. The molecule has 0 aromatic carbocycles. The van der Waals surface area contributed by atoms with Crippen LogP contribution in [0.4, 0.5) is 0 Å². The highest BCUT2D eigenvalue weighted by atomic mass is 15.3. The van der Waals surface area contributed by atoms with Gasteiger partial charge in [-0.1, -0.05) is 6.92 Å². The van der Waals surface area contributed by atoms with Gasteiger partial charge in [0, 0.05) is 37.8 Å². The molecule has 0 unspecified atom stereocenters. The maximum Gasteiger partial charge on any atom is 0.0195 e. The fraction of sp³-hybridized carbons (Fsp3) is 1.00. The van der Waals surface area contributed by atoms with Gasteiger partial charge in [-0.05, 0) is 66.1 Å². The fourth-order valence-corrected chi connectivity index (χ4v) is 3.62. The lowest BCUT2D eigenvalue weighted by Gasteiger charge is -2.48. The van der Waals surface area contributed by atoms with Crippen LogP contribution >= 0.6 is 0 Å². The first-order valence-electron chi connectivity index (χ1n) is 8.60. The van der Waals surface area contributed by atoms with E-state index in [9.17, 15) is 0 Å². The molecule has 0 N–H and O–H groups in total. The van der Waals surface area contributed by atoms with Gasteiger partial charge >= 0.3 is 0 Å². The lowest BCUT2D eigenvalue weighted by atomic mass is 9.94. The zero-order valence-electron chi connectivity index (χ0n) is 14.4. The Bertz CT molecular complexity index is 295. The van der Waals surface area contributed by atoms with Gasteiger partial charge in [0.15, 0.2) is 0 Å². The van der Waals surface area contributed by atoms with Crippen LogP contribution < -0.4 is 0 Å². The molecule has 2 aliphatic rings. The molecule has 0 aromatic rings. The predicted molar refractivity (Wildman–Crippen MR) is 87.2 cm³/mol. The van der Waals surface area contributed by atoms with Crippen LogP contribution in [0.1, 0.15) is 47.0 Å². The summed E-state index contributed by atoms with van der Waals surface area (Å²) in [5.41, 5.74) is 0.369. The van der Waals surface area contributed by atoms with E-state index in [2.05, 4.69) is 49.4 Å². The Morgan fingerprint density at radius 1 is 1.05 bits per heavy atom. The topological polar surface area (TPSA) is 9.72 Å². The third-order valence-corrected chi connectivity index (χ3v) is 5.82. The summed E-state index contributed by atoms with van der Waals surface area (Å²) in [5.74, 6) is 0.930. The summed E-state index contributed by atoms with van der Waals surface area (Å²) in [6, 6.07) is 0.717. The van der Waals surface area contributed by atoms with Crippen LogP contribution in [0.15, 0.2) is 0 Å². The van der Waals surface area contributed by atoms with E-state index >= 15 is 0 Å². The van der Waals surface area contributed by atoms with E-state index < -0.39 is 0 Å². The Hall–Kier alpha value is -0.120. The van der Waals surface area contributed by atoms with Crippen LogP contribution in [0.5, 0.6) is 0 Å². The van der Waals surface area contributed by atoms with Crippen molar-refractivity contribution in [3.63, 3.8) is 0 Å². The molecule has 2 saturated heterocycles. The second-order valence-electron chi connectivity index (χ2n) is 7.70. The number of hydrogen-bond acceptors (Lipinski definition) is 3. The summed E-state index contributed by atoms with van der Waals surface area (Å²) in [7, 11) is 2.25. The van der Waals surface area contributed by atoms with Crippen molar-refractivity contribution in [1.82, 2.24) is 14.7 Å². The molecule has 118 valence electrons. The van der Waals surface area contributed by atoms with Crippen LogP contribution in [0.2, 0.25) is 0 Å². The van der Waals surface area contributed by atoms with Gasteiger partial charge in [-0.3, -0.25) is 9.80 Å². The van der Waals surface area contributed by atoms with E-state index in [1.807, 2.05) is 0 Å². The highest BCUT2D eigenvalue weighted by molar-refractivity contribution is 4.89. The third-order valence-electron chi connectivity index (χ3n) is 5.82.